The van der Waals surface area contributed by atoms with E-state index >= 15 is 0 Å². The van der Waals surface area contributed by atoms with Crippen LogP contribution in [0.3, 0.4) is 0 Å². The molecule has 0 atom stereocenters. The third-order valence-corrected chi connectivity index (χ3v) is 1.61. The summed E-state index contributed by atoms with van der Waals surface area (Å²) in [7, 11) is 3.18. The van der Waals surface area contributed by atoms with E-state index in [2.05, 4.69) is 5.32 Å². The minimum absolute atomic E-state index is 0.0795. The summed E-state index contributed by atoms with van der Waals surface area (Å²) in [6, 6.07) is 0. The number of carbonyl (C=O) groups is 1. The molecule has 1 heterocycles. The van der Waals surface area contributed by atoms with Crippen LogP contribution in [0.25, 0.3) is 0 Å². The molecule has 0 aliphatic heterocycles. The Labute approximate surface area is 69.6 Å². The zero-order valence-electron chi connectivity index (χ0n) is 7.07. The van der Waals surface area contributed by atoms with E-state index in [1.807, 2.05) is 0 Å². The van der Waals surface area contributed by atoms with Gasteiger partial charge >= 0.3 is 5.69 Å². The van der Waals surface area contributed by atoms with E-state index < -0.39 is 0 Å². The third-order valence-electron chi connectivity index (χ3n) is 1.61. The molecule has 5 nitrogen and oxygen atoms in total. The van der Waals surface area contributed by atoms with Gasteiger partial charge in [0.1, 0.15) is 6.54 Å². The summed E-state index contributed by atoms with van der Waals surface area (Å²) in [5.41, 5.74) is -0.182. The van der Waals surface area contributed by atoms with Crippen LogP contribution in [-0.4, -0.2) is 22.1 Å². The molecule has 1 aromatic rings. The molecule has 1 N–H and O–H groups in total. The lowest BCUT2D eigenvalue weighted by Gasteiger charge is -1.98. The van der Waals surface area contributed by atoms with Crippen molar-refractivity contribution in [1.29, 1.82) is 0 Å². The number of imidazole rings is 1. The van der Waals surface area contributed by atoms with Crippen molar-refractivity contribution in [2.24, 2.45) is 7.05 Å². The first-order chi connectivity index (χ1) is 5.65. The van der Waals surface area contributed by atoms with E-state index in [0.717, 1.165) is 0 Å². The molecule has 66 valence electrons. The molecule has 1 aromatic heterocycles. The highest BCUT2D eigenvalue weighted by Crippen LogP contribution is 1.81. The Morgan fingerprint density at radius 2 is 2.25 bits per heavy atom. The van der Waals surface area contributed by atoms with Crippen molar-refractivity contribution in [3.05, 3.63) is 22.9 Å². The van der Waals surface area contributed by atoms with Crippen molar-refractivity contribution in [3.8, 4) is 0 Å². The fourth-order valence-electron chi connectivity index (χ4n) is 0.865. The smallest absolute Gasteiger partial charge is 0.328 e. The zero-order valence-corrected chi connectivity index (χ0v) is 7.07. The summed E-state index contributed by atoms with van der Waals surface area (Å²) in [5.74, 6) is -0.178. The molecule has 12 heavy (non-hydrogen) atoms. The summed E-state index contributed by atoms with van der Waals surface area (Å²) in [6.45, 7) is 0.0795. The average molecular weight is 169 g/mol. The lowest BCUT2D eigenvalue weighted by atomic mass is 10.6. The second-order valence-electron chi connectivity index (χ2n) is 2.49. The molecule has 0 aliphatic carbocycles. The van der Waals surface area contributed by atoms with Gasteiger partial charge in [0.15, 0.2) is 0 Å². The number of hydrogen-bond acceptors (Lipinski definition) is 2. The van der Waals surface area contributed by atoms with Crippen molar-refractivity contribution < 1.29 is 4.79 Å². The van der Waals surface area contributed by atoms with Gasteiger partial charge in [-0.3, -0.25) is 9.36 Å². The molecule has 0 unspecified atom stereocenters. The van der Waals surface area contributed by atoms with Gasteiger partial charge in [-0.25, -0.2) is 4.79 Å². The van der Waals surface area contributed by atoms with Gasteiger partial charge in [0, 0.05) is 26.5 Å². The lowest BCUT2D eigenvalue weighted by Crippen LogP contribution is -2.30. The molecule has 0 aliphatic rings. The van der Waals surface area contributed by atoms with Crippen LogP contribution < -0.4 is 11.0 Å². The highest BCUT2D eigenvalue weighted by Gasteiger charge is 2.03. The first kappa shape index (κ1) is 8.58. The molecule has 1 amide bonds. The van der Waals surface area contributed by atoms with Crippen molar-refractivity contribution >= 4 is 5.91 Å². The van der Waals surface area contributed by atoms with Crippen LogP contribution in [0.1, 0.15) is 0 Å². The Hall–Kier alpha value is -1.52. The summed E-state index contributed by atoms with van der Waals surface area (Å²) in [4.78, 5) is 22.0. The minimum Gasteiger partial charge on any atom is -0.358 e. The van der Waals surface area contributed by atoms with E-state index in [4.69, 9.17) is 0 Å². The van der Waals surface area contributed by atoms with Crippen LogP contribution in [0.4, 0.5) is 0 Å². The number of rotatable bonds is 2. The van der Waals surface area contributed by atoms with Crippen LogP contribution in [0.5, 0.6) is 0 Å². The van der Waals surface area contributed by atoms with E-state index in [9.17, 15) is 9.59 Å². The van der Waals surface area contributed by atoms with E-state index in [1.54, 1.807) is 19.4 Å². The Bertz CT molecular complexity index is 337. The van der Waals surface area contributed by atoms with E-state index in [0.29, 0.717) is 0 Å². The largest absolute Gasteiger partial charge is 0.358 e. The topological polar surface area (TPSA) is 56.0 Å². The van der Waals surface area contributed by atoms with Crippen LogP contribution in [0, 0.1) is 0 Å². The second-order valence-corrected chi connectivity index (χ2v) is 2.49. The molecular formula is C7H11N3O2. The maximum atomic E-state index is 11.2. The van der Waals surface area contributed by atoms with Crippen molar-refractivity contribution in [2.45, 2.75) is 6.54 Å². The highest BCUT2D eigenvalue weighted by atomic mass is 16.2. The molecule has 0 saturated carbocycles. The first-order valence-corrected chi connectivity index (χ1v) is 3.57. The van der Waals surface area contributed by atoms with Gasteiger partial charge in [-0.05, 0) is 0 Å². The van der Waals surface area contributed by atoms with Gasteiger partial charge in [-0.2, -0.15) is 0 Å². The fraction of sp³-hybridized carbons (Fsp3) is 0.429. The Kier molecular flexibility index (Phi) is 2.32. The number of likely N-dealkylation sites (N-methyl/N-ethyl adjacent to an activating group) is 1. The predicted molar refractivity (Wildman–Crippen MR) is 43.7 cm³/mol. The molecular weight excluding hydrogens is 158 g/mol. The molecule has 0 bridgehead atoms. The summed E-state index contributed by atoms with van der Waals surface area (Å²) in [5, 5.41) is 2.44. The van der Waals surface area contributed by atoms with Crippen molar-refractivity contribution in [2.75, 3.05) is 7.05 Å². The predicted octanol–water partition coefficient (Wildman–Crippen LogP) is -1.07. The molecule has 0 radical (unpaired) electrons. The normalized spacial score (nSPS) is 9.83. The Morgan fingerprint density at radius 3 is 2.67 bits per heavy atom. The maximum absolute atomic E-state index is 11.2. The first-order valence-electron chi connectivity index (χ1n) is 3.57. The number of aromatic nitrogens is 2. The number of nitrogens with zero attached hydrogens (tertiary/aromatic N) is 2. The van der Waals surface area contributed by atoms with Crippen LogP contribution >= 0.6 is 0 Å². The van der Waals surface area contributed by atoms with Crippen molar-refractivity contribution in [3.63, 3.8) is 0 Å². The standard InChI is InChI=1S/C7H11N3O2/c1-8-6(11)5-10-4-3-9(2)7(10)12/h3-4H,5H2,1-2H3,(H,8,11). The van der Waals surface area contributed by atoms with Gasteiger partial charge in [-0.15, -0.1) is 0 Å². The lowest BCUT2D eigenvalue weighted by molar-refractivity contribution is -0.121. The Balaban J connectivity index is 2.83. The maximum Gasteiger partial charge on any atom is 0.328 e. The summed E-state index contributed by atoms with van der Waals surface area (Å²) < 4.78 is 2.77. The molecule has 0 aromatic carbocycles. The number of carbonyl (C=O) groups excluding carboxylic acids is 1. The fourth-order valence-corrected chi connectivity index (χ4v) is 0.865. The number of aryl methyl sites for hydroxylation is 1. The van der Waals surface area contributed by atoms with Crippen LogP contribution in [-0.2, 0) is 18.4 Å². The molecule has 5 heteroatoms. The highest BCUT2D eigenvalue weighted by molar-refractivity contribution is 5.75. The monoisotopic (exact) mass is 169 g/mol. The number of nitrogens with one attached hydrogen (secondary N) is 1. The van der Waals surface area contributed by atoms with E-state index in [-0.39, 0.29) is 18.1 Å². The quantitative estimate of drug-likeness (QED) is 0.613. The molecule has 0 fully saturated rings. The second kappa shape index (κ2) is 3.25. The molecule has 0 saturated heterocycles. The van der Waals surface area contributed by atoms with Gasteiger partial charge in [0.2, 0.25) is 5.91 Å². The number of hydrogen-bond donors (Lipinski definition) is 1. The van der Waals surface area contributed by atoms with Crippen LogP contribution in [0.2, 0.25) is 0 Å². The minimum atomic E-state index is -0.182. The zero-order chi connectivity index (χ0) is 9.14. The van der Waals surface area contributed by atoms with Crippen LogP contribution in [0.15, 0.2) is 17.2 Å². The van der Waals surface area contributed by atoms with Gasteiger partial charge in [0.05, 0.1) is 0 Å². The van der Waals surface area contributed by atoms with Gasteiger partial charge in [-0.1, -0.05) is 0 Å². The Morgan fingerprint density at radius 1 is 1.58 bits per heavy atom. The van der Waals surface area contributed by atoms with Gasteiger partial charge in [0.25, 0.3) is 0 Å². The average Bonchev–Trinajstić information content (AvgIpc) is 2.36. The SMILES string of the molecule is CNC(=O)Cn1ccn(C)c1=O. The van der Waals surface area contributed by atoms with Gasteiger partial charge < -0.3 is 9.88 Å². The molecule has 0 spiro atoms. The van der Waals surface area contributed by atoms with E-state index in [1.165, 1.54) is 16.2 Å². The summed E-state index contributed by atoms with van der Waals surface area (Å²) >= 11 is 0. The van der Waals surface area contributed by atoms with Crippen molar-refractivity contribution in [1.82, 2.24) is 14.5 Å². The summed E-state index contributed by atoms with van der Waals surface area (Å²) in [6.07, 6.45) is 3.20. The molecule has 1 rings (SSSR count). The number of amides is 1. The third kappa shape index (κ3) is 1.55.